The van der Waals surface area contributed by atoms with E-state index in [4.69, 9.17) is 5.73 Å². The van der Waals surface area contributed by atoms with Gasteiger partial charge < -0.3 is 10.6 Å². The Kier molecular flexibility index (Phi) is 3.72. The van der Waals surface area contributed by atoms with E-state index < -0.39 is 0 Å². The highest BCUT2D eigenvalue weighted by Gasteiger charge is 2.28. The van der Waals surface area contributed by atoms with Crippen molar-refractivity contribution in [3.8, 4) is 0 Å². The van der Waals surface area contributed by atoms with Gasteiger partial charge in [-0.2, -0.15) is 0 Å². The van der Waals surface area contributed by atoms with Crippen molar-refractivity contribution in [1.29, 1.82) is 0 Å². The van der Waals surface area contributed by atoms with Crippen molar-refractivity contribution < 1.29 is 4.79 Å². The van der Waals surface area contributed by atoms with Crippen LogP contribution in [0.25, 0.3) is 0 Å². The quantitative estimate of drug-likeness (QED) is 0.714. The number of hydrogen-bond donors (Lipinski definition) is 1. The molecule has 0 spiro atoms. The van der Waals surface area contributed by atoms with Gasteiger partial charge in [0.25, 0.3) is 0 Å². The van der Waals surface area contributed by atoms with Gasteiger partial charge in [-0.25, -0.2) is 0 Å². The molecule has 13 heavy (non-hydrogen) atoms. The van der Waals surface area contributed by atoms with Crippen molar-refractivity contribution >= 4 is 5.91 Å². The van der Waals surface area contributed by atoms with Gasteiger partial charge in [-0.1, -0.05) is 13.3 Å². The number of carbonyl (C=O) groups excluding carboxylic acids is 1. The zero-order valence-corrected chi connectivity index (χ0v) is 8.62. The van der Waals surface area contributed by atoms with E-state index in [1.54, 1.807) is 0 Å². The van der Waals surface area contributed by atoms with E-state index in [-0.39, 0.29) is 11.9 Å². The predicted octanol–water partition coefficient (Wildman–Crippen LogP) is 1.12. The highest BCUT2D eigenvalue weighted by Crippen LogP contribution is 2.15. The van der Waals surface area contributed by atoms with Gasteiger partial charge in [-0.3, -0.25) is 4.79 Å². The fourth-order valence-corrected chi connectivity index (χ4v) is 1.94. The van der Waals surface area contributed by atoms with Crippen LogP contribution in [0.2, 0.25) is 0 Å². The molecule has 1 heterocycles. The van der Waals surface area contributed by atoms with Crippen LogP contribution in [0.1, 0.15) is 39.5 Å². The van der Waals surface area contributed by atoms with Crippen LogP contribution in [-0.4, -0.2) is 29.4 Å². The van der Waals surface area contributed by atoms with Crippen LogP contribution in [0.15, 0.2) is 0 Å². The first-order chi connectivity index (χ1) is 6.16. The fourth-order valence-electron chi connectivity index (χ4n) is 1.94. The first kappa shape index (κ1) is 10.5. The van der Waals surface area contributed by atoms with Crippen molar-refractivity contribution in [3.05, 3.63) is 0 Å². The van der Waals surface area contributed by atoms with Crippen LogP contribution in [-0.2, 0) is 4.79 Å². The molecule has 0 saturated carbocycles. The highest BCUT2D eigenvalue weighted by molar-refractivity contribution is 5.82. The number of nitrogens with two attached hydrogens (primary N) is 1. The molecule has 76 valence electrons. The molecule has 0 aromatic heterocycles. The largest absolute Gasteiger partial charge is 0.339 e. The molecular formula is C10H20N2O. The van der Waals surface area contributed by atoms with E-state index in [1.165, 1.54) is 0 Å². The molecule has 1 fully saturated rings. The standard InChI is InChI=1S/C10H20N2O/c1-3-5-8(2)12-7-4-6-9(11)10(12)13/h8-9H,3-7,11H2,1-2H3. The molecular weight excluding hydrogens is 164 g/mol. The van der Waals surface area contributed by atoms with Crippen molar-refractivity contribution in [2.24, 2.45) is 5.73 Å². The van der Waals surface area contributed by atoms with Gasteiger partial charge in [-0.05, 0) is 26.2 Å². The smallest absolute Gasteiger partial charge is 0.239 e. The number of amides is 1. The van der Waals surface area contributed by atoms with Gasteiger partial charge in [-0.15, -0.1) is 0 Å². The van der Waals surface area contributed by atoms with Crippen LogP contribution >= 0.6 is 0 Å². The van der Waals surface area contributed by atoms with E-state index in [0.717, 1.165) is 32.2 Å². The Morgan fingerprint density at radius 3 is 3.00 bits per heavy atom. The lowest BCUT2D eigenvalue weighted by molar-refractivity contribution is -0.137. The summed E-state index contributed by atoms with van der Waals surface area (Å²) in [5.41, 5.74) is 5.71. The Hall–Kier alpha value is -0.570. The normalized spacial score (nSPS) is 26.2. The van der Waals surface area contributed by atoms with Gasteiger partial charge in [0.15, 0.2) is 0 Å². The van der Waals surface area contributed by atoms with E-state index in [2.05, 4.69) is 13.8 Å². The van der Waals surface area contributed by atoms with E-state index >= 15 is 0 Å². The lowest BCUT2D eigenvalue weighted by Gasteiger charge is -2.35. The Morgan fingerprint density at radius 2 is 2.38 bits per heavy atom. The number of carbonyl (C=O) groups is 1. The zero-order valence-electron chi connectivity index (χ0n) is 8.62. The molecule has 2 unspecified atom stereocenters. The number of piperidine rings is 1. The molecule has 0 radical (unpaired) electrons. The van der Waals surface area contributed by atoms with E-state index in [0.29, 0.717) is 6.04 Å². The molecule has 1 aliphatic heterocycles. The zero-order chi connectivity index (χ0) is 9.84. The van der Waals surface area contributed by atoms with Gasteiger partial charge in [0, 0.05) is 12.6 Å². The molecule has 1 saturated heterocycles. The molecule has 1 aliphatic rings. The summed E-state index contributed by atoms with van der Waals surface area (Å²) in [6.45, 7) is 5.15. The Balaban J connectivity index is 2.52. The summed E-state index contributed by atoms with van der Waals surface area (Å²) in [4.78, 5) is 13.6. The van der Waals surface area contributed by atoms with Crippen molar-refractivity contribution in [2.45, 2.75) is 51.6 Å². The first-order valence-electron chi connectivity index (χ1n) is 5.23. The van der Waals surface area contributed by atoms with Crippen LogP contribution < -0.4 is 5.73 Å². The molecule has 3 nitrogen and oxygen atoms in total. The maximum atomic E-state index is 11.6. The molecule has 0 bridgehead atoms. The van der Waals surface area contributed by atoms with Gasteiger partial charge in [0.1, 0.15) is 0 Å². The van der Waals surface area contributed by atoms with Crippen molar-refractivity contribution in [2.75, 3.05) is 6.54 Å². The van der Waals surface area contributed by atoms with Gasteiger partial charge >= 0.3 is 0 Å². The van der Waals surface area contributed by atoms with Crippen LogP contribution in [0.5, 0.6) is 0 Å². The van der Waals surface area contributed by atoms with Crippen molar-refractivity contribution in [1.82, 2.24) is 4.90 Å². The molecule has 0 aliphatic carbocycles. The topological polar surface area (TPSA) is 46.3 Å². The molecule has 3 heteroatoms. The summed E-state index contributed by atoms with van der Waals surface area (Å²) in [5.74, 6) is 0.146. The third kappa shape index (κ3) is 2.44. The van der Waals surface area contributed by atoms with E-state index in [9.17, 15) is 4.79 Å². The van der Waals surface area contributed by atoms with Crippen LogP contribution in [0.3, 0.4) is 0 Å². The fraction of sp³-hybridized carbons (Fsp3) is 0.900. The molecule has 1 amide bonds. The summed E-state index contributed by atoms with van der Waals surface area (Å²) >= 11 is 0. The molecule has 2 N–H and O–H groups in total. The summed E-state index contributed by atoms with van der Waals surface area (Å²) < 4.78 is 0. The summed E-state index contributed by atoms with van der Waals surface area (Å²) in [5, 5.41) is 0. The first-order valence-corrected chi connectivity index (χ1v) is 5.23. The minimum atomic E-state index is -0.243. The van der Waals surface area contributed by atoms with Gasteiger partial charge in [0.05, 0.1) is 6.04 Å². The van der Waals surface area contributed by atoms with Crippen molar-refractivity contribution in [3.63, 3.8) is 0 Å². The molecule has 0 aromatic carbocycles. The molecule has 0 aromatic rings. The minimum Gasteiger partial charge on any atom is -0.339 e. The third-order valence-corrected chi connectivity index (χ3v) is 2.75. The second-order valence-electron chi connectivity index (χ2n) is 3.92. The van der Waals surface area contributed by atoms with Gasteiger partial charge in [0.2, 0.25) is 5.91 Å². The number of rotatable bonds is 3. The summed E-state index contributed by atoms with van der Waals surface area (Å²) in [6, 6.07) is 0.122. The SMILES string of the molecule is CCCC(C)N1CCCC(N)C1=O. The Bertz CT molecular complexity index is 182. The van der Waals surface area contributed by atoms with Crippen LogP contribution in [0.4, 0.5) is 0 Å². The average molecular weight is 184 g/mol. The summed E-state index contributed by atoms with van der Waals surface area (Å²) in [6.07, 6.45) is 4.12. The molecule has 2 atom stereocenters. The number of hydrogen-bond acceptors (Lipinski definition) is 2. The Labute approximate surface area is 80.3 Å². The Morgan fingerprint density at radius 1 is 1.69 bits per heavy atom. The number of nitrogens with zero attached hydrogens (tertiary/aromatic N) is 1. The van der Waals surface area contributed by atoms with E-state index in [1.807, 2.05) is 4.90 Å². The maximum Gasteiger partial charge on any atom is 0.239 e. The average Bonchev–Trinajstić information content (AvgIpc) is 2.10. The predicted molar refractivity (Wildman–Crippen MR) is 53.3 cm³/mol. The third-order valence-electron chi connectivity index (χ3n) is 2.75. The minimum absolute atomic E-state index is 0.146. The monoisotopic (exact) mass is 184 g/mol. The highest BCUT2D eigenvalue weighted by atomic mass is 16.2. The lowest BCUT2D eigenvalue weighted by Crippen LogP contribution is -2.51. The maximum absolute atomic E-state index is 11.6. The second kappa shape index (κ2) is 4.61. The lowest BCUT2D eigenvalue weighted by atomic mass is 10.0. The van der Waals surface area contributed by atoms with Crippen LogP contribution in [0, 0.1) is 0 Å². The second-order valence-corrected chi connectivity index (χ2v) is 3.92. The molecule has 1 rings (SSSR count). The summed E-state index contributed by atoms with van der Waals surface area (Å²) in [7, 11) is 0. The number of likely N-dealkylation sites (tertiary alicyclic amines) is 1.